The van der Waals surface area contributed by atoms with Crippen molar-refractivity contribution in [3.8, 4) is 5.82 Å². The molecular weight excluding hydrogens is 324 g/mol. The van der Waals surface area contributed by atoms with Gasteiger partial charge < -0.3 is 14.4 Å². The summed E-state index contributed by atoms with van der Waals surface area (Å²) in [5.41, 5.74) is 0.738. The van der Waals surface area contributed by atoms with Gasteiger partial charge in [-0.2, -0.15) is 5.10 Å². The molecule has 8 heteroatoms. The SMILES string of the molecule is Cc1c(C(=O)N2CCC3(CC2)COC(=O)O3)cnn1-c1ccccn1. The zero-order valence-corrected chi connectivity index (χ0v) is 13.8. The Morgan fingerprint density at radius 1 is 1.28 bits per heavy atom. The highest BCUT2D eigenvalue weighted by molar-refractivity contribution is 5.95. The number of hydrogen-bond acceptors (Lipinski definition) is 6. The standard InChI is InChI=1S/C17H18N4O4/c1-12-13(10-19-21(12)14-4-2-3-7-18-14)15(22)20-8-5-17(6-9-20)11-24-16(23)25-17/h2-4,7,10H,5-6,8-9,11H2,1H3. The van der Waals surface area contributed by atoms with Crippen molar-refractivity contribution in [1.29, 1.82) is 0 Å². The van der Waals surface area contributed by atoms with Crippen molar-refractivity contribution < 1.29 is 19.1 Å². The Balaban J connectivity index is 1.49. The Morgan fingerprint density at radius 2 is 2.08 bits per heavy atom. The van der Waals surface area contributed by atoms with Gasteiger partial charge in [-0.15, -0.1) is 0 Å². The first-order chi connectivity index (χ1) is 12.1. The molecule has 2 aliphatic heterocycles. The summed E-state index contributed by atoms with van der Waals surface area (Å²) in [6.07, 6.45) is 3.81. The summed E-state index contributed by atoms with van der Waals surface area (Å²) < 4.78 is 11.9. The number of nitrogens with zero attached hydrogens (tertiary/aromatic N) is 4. The van der Waals surface area contributed by atoms with Crippen LogP contribution in [0.15, 0.2) is 30.6 Å². The first kappa shape index (κ1) is 15.6. The van der Waals surface area contributed by atoms with E-state index in [1.807, 2.05) is 25.1 Å². The Kier molecular flexibility index (Phi) is 3.67. The number of piperidine rings is 1. The minimum atomic E-state index is -0.618. The molecule has 0 N–H and O–H groups in total. The molecule has 1 spiro atoms. The van der Waals surface area contributed by atoms with Crippen molar-refractivity contribution in [1.82, 2.24) is 19.7 Å². The van der Waals surface area contributed by atoms with Crippen LogP contribution in [0.4, 0.5) is 4.79 Å². The summed E-state index contributed by atoms with van der Waals surface area (Å²) in [7, 11) is 0. The van der Waals surface area contributed by atoms with E-state index in [9.17, 15) is 9.59 Å². The molecular formula is C17H18N4O4. The van der Waals surface area contributed by atoms with Crippen LogP contribution >= 0.6 is 0 Å². The van der Waals surface area contributed by atoms with Gasteiger partial charge in [-0.1, -0.05) is 6.07 Å². The molecule has 0 saturated carbocycles. The van der Waals surface area contributed by atoms with Crippen LogP contribution in [-0.4, -0.2) is 57.0 Å². The number of aromatic nitrogens is 3. The fraction of sp³-hybridized carbons (Fsp3) is 0.412. The van der Waals surface area contributed by atoms with Crippen molar-refractivity contribution in [3.63, 3.8) is 0 Å². The van der Waals surface area contributed by atoms with Crippen molar-refractivity contribution >= 4 is 12.1 Å². The number of rotatable bonds is 2. The van der Waals surface area contributed by atoms with E-state index in [4.69, 9.17) is 9.47 Å². The maximum absolute atomic E-state index is 12.8. The fourth-order valence-corrected chi connectivity index (χ4v) is 3.29. The zero-order valence-electron chi connectivity index (χ0n) is 13.8. The van der Waals surface area contributed by atoms with Crippen LogP contribution in [0.2, 0.25) is 0 Å². The van der Waals surface area contributed by atoms with E-state index in [0.29, 0.717) is 37.3 Å². The summed E-state index contributed by atoms with van der Waals surface area (Å²) in [6.45, 7) is 3.16. The molecule has 2 aromatic rings. The first-order valence-electron chi connectivity index (χ1n) is 8.19. The van der Waals surface area contributed by atoms with Gasteiger partial charge in [0.15, 0.2) is 11.4 Å². The lowest BCUT2D eigenvalue weighted by atomic mass is 9.92. The molecule has 2 aliphatic rings. The summed E-state index contributed by atoms with van der Waals surface area (Å²) >= 11 is 0. The van der Waals surface area contributed by atoms with Gasteiger partial charge in [-0.25, -0.2) is 14.5 Å². The molecule has 4 rings (SSSR count). The predicted molar refractivity (Wildman–Crippen MR) is 86.4 cm³/mol. The van der Waals surface area contributed by atoms with Crippen molar-refractivity contribution in [3.05, 3.63) is 41.9 Å². The number of cyclic esters (lactones) is 1. The van der Waals surface area contributed by atoms with E-state index in [2.05, 4.69) is 10.1 Å². The van der Waals surface area contributed by atoms with Crippen LogP contribution < -0.4 is 0 Å². The molecule has 0 aromatic carbocycles. The summed E-state index contributed by atoms with van der Waals surface area (Å²) in [5, 5.41) is 4.30. The van der Waals surface area contributed by atoms with Crippen molar-refractivity contribution in [2.24, 2.45) is 0 Å². The van der Waals surface area contributed by atoms with Crippen molar-refractivity contribution in [2.45, 2.75) is 25.4 Å². The number of amides is 1. The van der Waals surface area contributed by atoms with E-state index in [-0.39, 0.29) is 12.5 Å². The molecule has 4 heterocycles. The van der Waals surface area contributed by atoms with E-state index in [1.165, 1.54) is 0 Å². The molecule has 2 aromatic heterocycles. The normalized spacial score (nSPS) is 18.9. The van der Waals surface area contributed by atoms with Gasteiger partial charge in [0.2, 0.25) is 0 Å². The van der Waals surface area contributed by atoms with Gasteiger partial charge in [-0.3, -0.25) is 4.79 Å². The number of carbonyl (C=O) groups excluding carboxylic acids is 2. The topological polar surface area (TPSA) is 86.5 Å². The Bertz CT molecular complexity index is 809. The lowest BCUT2D eigenvalue weighted by molar-refractivity contribution is 0.00280. The summed E-state index contributed by atoms with van der Waals surface area (Å²) in [5.74, 6) is 0.603. The van der Waals surface area contributed by atoms with Crippen LogP contribution in [0.1, 0.15) is 28.9 Å². The third kappa shape index (κ3) is 2.73. The maximum Gasteiger partial charge on any atom is 0.509 e. The average molecular weight is 342 g/mol. The summed E-state index contributed by atoms with van der Waals surface area (Å²) in [4.78, 5) is 30.1. The van der Waals surface area contributed by atoms with Crippen LogP contribution in [-0.2, 0) is 9.47 Å². The van der Waals surface area contributed by atoms with Crippen LogP contribution in [0.5, 0.6) is 0 Å². The smallest absolute Gasteiger partial charge is 0.430 e. The second-order valence-corrected chi connectivity index (χ2v) is 6.36. The largest absolute Gasteiger partial charge is 0.509 e. The maximum atomic E-state index is 12.8. The Labute approximate surface area is 144 Å². The van der Waals surface area contributed by atoms with Gasteiger partial charge in [0.25, 0.3) is 5.91 Å². The van der Waals surface area contributed by atoms with Crippen LogP contribution in [0.25, 0.3) is 5.82 Å². The van der Waals surface area contributed by atoms with Crippen LogP contribution in [0.3, 0.4) is 0 Å². The van der Waals surface area contributed by atoms with Gasteiger partial charge >= 0.3 is 6.16 Å². The predicted octanol–water partition coefficient (Wildman–Crippen LogP) is 1.72. The van der Waals surface area contributed by atoms with Gasteiger partial charge in [0.1, 0.15) is 6.61 Å². The summed E-state index contributed by atoms with van der Waals surface area (Å²) in [6, 6.07) is 5.55. The molecule has 0 atom stereocenters. The lowest BCUT2D eigenvalue weighted by Gasteiger charge is -2.36. The molecule has 25 heavy (non-hydrogen) atoms. The lowest BCUT2D eigenvalue weighted by Crippen LogP contribution is -2.48. The second-order valence-electron chi connectivity index (χ2n) is 6.36. The molecule has 130 valence electrons. The third-order valence-corrected chi connectivity index (χ3v) is 4.82. The number of carbonyl (C=O) groups is 2. The molecule has 1 amide bonds. The van der Waals surface area contributed by atoms with E-state index in [0.717, 1.165) is 5.69 Å². The molecule has 0 bridgehead atoms. The number of likely N-dealkylation sites (tertiary alicyclic amines) is 1. The van der Waals surface area contributed by atoms with Crippen molar-refractivity contribution in [2.75, 3.05) is 19.7 Å². The molecule has 2 saturated heterocycles. The highest BCUT2D eigenvalue weighted by Gasteiger charge is 2.45. The van der Waals surface area contributed by atoms with E-state index in [1.54, 1.807) is 22.0 Å². The van der Waals surface area contributed by atoms with Gasteiger partial charge in [-0.05, 0) is 19.1 Å². The van der Waals surface area contributed by atoms with E-state index >= 15 is 0 Å². The molecule has 0 aliphatic carbocycles. The highest BCUT2D eigenvalue weighted by atomic mass is 16.8. The number of pyridine rings is 1. The quantitative estimate of drug-likeness (QED) is 0.773. The highest BCUT2D eigenvalue weighted by Crippen LogP contribution is 2.32. The molecule has 2 fully saturated rings. The fourth-order valence-electron chi connectivity index (χ4n) is 3.29. The zero-order chi connectivity index (χ0) is 17.4. The van der Waals surface area contributed by atoms with Gasteiger partial charge in [0, 0.05) is 32.1 Å². The van der Waals surface area contributed by atoms with Crippen LogP contribution in [0, 0.1) is 6.92 Å². The minimum Gasteiger partial charge on any atom is -0.430 e. The van der Waals surface area contributed by atoms with E-state index < -0.39 is 11.8 Å². The third-order valence-electron chi connectivity index (χ3n) is 4.82. The monoisotopic (exact) mass is 342 g/mol. The number of ether oxygens (including phenoxy) is 2. The molecule has 0 unspecified atom stereocenters. The number of hydrogen-bond donors (Lipinski definition) is 0. The molecule has 8 nitrogen and oxygen atoms in total. The minimum absolute atomic E-state index is 0.0697. The van der Waals surface area contributed by atoms with Gasteiger partial charge in [0.05, 0.1) is 17.5 Å². The Morgan fingerprint density at radius 3 is 2.72 bits per heavy atom. The Hall–Kier alpha value is -2.90. The second kappa shape index (κ2) is 5.87. The first-order valence-corrected chi connectivity index (χ1v) is 8.19. The molecule has 0 radical (unpaired) electrons. The average Bonchev–Trinajstić information content (AvgIpc) is 3.19.